The molecule has 0 fully saturated rings. The number of aromatic hydroxyl groups is 1. The van der Waals surface area contributed by atoms with Gasteiger partial charge in [-0.1, -0.05) is 15.9 Å². The van der Waals surface area contributed by atoms with Gasteiger partial charge in [-0.05, 0) is 61.4 Å². The van der Waals surface area contributed by atoms with Crippen LogP contribution in [-0.2, 0) is 0 Å². The van der Waals surface area contributed by atoms with Crippen LogP contribution in [0.25, 0.3) is 0 Å². The minimum absolute atomic E-state index is 0.0774. The number of nitrogens with one attached hydrogen (secondary N) is 1. The van der Waals surface area contributed by atoms with E-state index in [1.165, 1.54) is 0 Å². The van der Waals surface area contributed by atoms with E-state index in [-0.39, 0.29) is 11.7 Å². The lowest BCUT2D eigenvalue weighted by Gasteiger charge is -2.10. The average Bonchev–Trinajstić information content (AvgIpc) is 2.36. The maximum atomic E-state index is 12.0. The molecule has 1 amide bonds. The molecule has 0 unspecified atom stereocenters. The number of carbonyl (C=O) groups is 1. The van der Waals surface area contributed by atoms with Crippen LogP contribution in [0.5, 0.6) is 5.75 Å². The maximum Gasteiger partial charge on any atom is 0.255 e. The Hall–Kier alpha value is -1.81. The third kappa shape index (κ3) is 3.15. The van der Waals surface area contributed by atoms with E-state index < -0.39 is 0 Å². The number of halogens is 1. The second-order valence-electron chi connectivity index (χ2n) is 4.41. The number of phenolic OH excluding ortho intramolecular Hbond substituents is 1. The molecule has 4 heteroatoms. The van der Waals surface area contributed by atoms with Crippen LogP contribution in [0.15, 0.2) is 40.9 Å². The highest BCUT2D eigenvalue weighted by atomic mass is 79.9. The zero-order chi connectivity index (χ0) is 14.0. The summed E-state index contributed by atoms with van der Waals surface area (Å²) in [6.07, 6.45) is 0. The monoisotopic (exact) mass is 319 g/mol. The third-order valence-electron chi connectivity index (χ3n) is 2.97. The molecule has 0 aliphatic carbocycles. The largest absolute Gasteiger partial charge is 0.506 e. The standard InChI is InChI=1S/C15H14BrNO2/c1-9-7-13(14(18)8-10(9)2)17-15(19)11-3-5-12(16)6-4-11/h3-8,18H,1-2H3,(H,17,19). The normalized spacial score (nSPS) is 10.3. The fourth-order valence-corrected chi connectivity index (χ4v) is 1.96. The van der Waals surface area contributed by atoms with Gasteiger partial charge in [0.1, 0.15) is 5.75 Å². The first kappa shape index (κ1) is 13.6. The van der Waals surface area contributed by atoms with E-state index >= 15 is 0 Å². The zero-order valence-corrected chi connectivity index (χ0v) is 12.3. The lowest BCUT2D eigenvalue weighted by atomic mass is 10.1. The van der Waals surface area contributed by atoms with Gasteiger partial charge in [0.05, 0.1) is 5.69 Å². The molecule has 19 heavy (non-hydrogen) atoms. The Balaban J connectivity index is 2.24. The molecular formula is C15H14BrNO2. The van der Waals surface area contributed by atoms with Crippen LogP contribution >= 0.6 is 15.9 Å². The van der Waals surface area contributed by atoms with E-state index in [0.717, 1.165) is 15.6 Å². The van der Waals surface area contributed by atoms with Crippen LogP contribution in [0.3, 0.4) is 0 Å². The number of benzene rings is 2. The number of aryl methyl sites for hydroxylation is 2. The van der Waals surface area contributed by atoms with Crippen molar-refractivity contribution in [1.29, 1.82) is 0 Å². The van der Waals surface area contributed by atoms with Crippen LogP contribution in [-0.4, -0.2) is 11.0 Å². The molecule has 0 aromatic heterocycles. The Bertz CT molecular complexity index is 621. The average molecular weight is 320 g/mol. The minimum Gasteiger partial charge on any atom is -0.506 e. The fourth-order valence-electron chi connectivity index (χ4n) is 1.70. The first-order valence-electron chi connectivity index (χ1n) is 5.84. The van der Waals surface area contributed by atoms with Crippen LogP contribution in [0.2, 0.25) is 0 Å². The molecule has 0 spiro atoms. The van der Waals surface area contributed by atoms with E-state index in [2.05, 4.69) is 21.2 Å². The molecule has 0 saturated carbocycles. The molecule has 0 atom stereocenters. The van der Waals surface area contributed by atoms with Crippen molar-refractivity contribution in [2.45, 2.75) is 13.8 Å². The van der Waals surface area contributed by atoms with Crippen LogP contribution in [0, 0.1) is 13.8 Å². The summed E-state index contributed by atoms with van der Waals surface area (Å²) < 4.78 is 0.915. The molecule has 2 aromatic carbocycles. The highest BCUT2D eigenvalue weighted by Gasteiger charge is 2.10. The van der Waals surface area contributed by atoms with Gasteiger partial charge in [-0.2, -0.15) is 0 Å². The van der Waals surface area contributed by atoms with Gasteiger partial charge in [-0.25, -0.2) is 0 Å². The number of anilines is 1. The molecule has 0 radical (unpaired) electrons. The molecule has 3 nitrogen and oxygen atoms in total. The molecule has 0 aliphatic rings. The molecule has 98 valence electrons. The van der Waals surface area contributed by atoms with Crippen molar-refractivity contribution in [2.75, 3.05) is 5.32 Å². The summed E-state index contributed by atoms with van der Waals surface area (Å²) in [5.74, 6) is -0.167. The zero-order valence-electron chi connectivity index (χ0n) is 10.7. The Morgan fingerprint density at radius 1 is 1.11 bits per heavy atom. The van der Waals surface area contributed by atoms with E-state index in [4.69, 9.17) is 0 Å². The third-order valence-corrected chi connectivity index (χ3v) is 3.50. The topological polar surface area (TPSA) is 49.3 Å². The number of phenols is 1. The van der Waals surface area contributed by atoms with Gasteiger partial charge in [0.15, 0.2) is 0 Å². The van der Waals surface area contributed by atoms with Gasteiger partial charge in [-0.15, -0.1) is 0 Å². The summed E-state index contributed by atoms with van der Waals surface area (Å²) in [7, 11) is 0. The van der Waals surface area contributed by atoms with E-state index in [1.54, 1.807) is 36.4 Å². The molecule has 2 N–H and O–H groups in total. The van der Waals surface area contributed by atoms with Crippen molar-refractivity contribution in [3.05, 3.63) is 57.6 Å². The lowest BCUT2D eigenvalue weighted by Crippen LogP contribution is -2.12. The molecule has 0 heterocycles. The highest BCUT2D eigenvalue weighted by Crippen LogP contribution is 2.27. The SMILES string of the molecule is Cc1cc(O)c(NC(=O)c2ccc(Br)cc2)cc1C. The second-order valence-corrected chi connectivity index (χ2v) is 5.33. The van der Waals surface area contributed by atoms with Gasteiger partial charge in [-0.3, -0.25) is 4.79 Å². The highest BCUT2D eigenvalue weighted by molar-refractivity contribution is 9.10. The van der Waals surface area contributed by atoms with Gasteiger partial charge >= 0.3 is 0 Å². The van der Waals surface area contributed by atoms with E-state index in [9.17, 15) is 9.90 Å². The van der Waals surface area contributed by atoms with Crippen LogP contribution in [0.4, 0.5) is 5.69 Å². The van der Waals surface area contributed by atoms with Crippen molar-refractivity contribution < 1.29 is 9.90 Å². The summed E-state index contributed by atoms with van der Waals surface area (Å²) in [5.41, 5.74) is 2.97. The lowest BCUT2D eigenvalue weighted by molar-refractivity contribution is 0.102. The van der Waals surface area contributed by atoms with E-state index in [1.807, 2.05) is 13.8 Å². The smallest absolute Gasteiger partial charge is 0.255 e. The minimum atomic E-state index is -0.244. The first-order valence-corrected chi connectivity index (χ1v) is 6.64. The van der Waals surface area contributed by atoms with Crippen molar-refractivity contribution in [1.82, 2.24) is 0 Å². The summed E-state index contributed by atoms with van der Waals surface area (Å²) in [6, 6.07) is 10.5. The molecule has 2 aromatic rings. The van der Waals surface area contributed by atoms with Gasteiger partial charge < -0.3 is 10.4 Å². The molecular weight excluding hydrogens is 306 g/mol. The number of amides is 1. The Morgan fingerprint density at radius 2 is 1.68 bits per heavy atom. The van der Waals surface area contributed by atoms with E-state index in [0.29, 0.717) is 11.3 Å². The maximum absolute atomic E-state index is 12.0. The molecule has 0 bridgehead atoms. The fraction of sp³-hybridized carbons (Fsp3) is 0.133. The van der Waals surface area contributed by atoms with Crippen molar-refractivity contribution in [2.24, 2.45) is 0 Å². The molecule has 0 aliphatic heterocycles. The quantitative estimate of drug-likeness (QED) is 0.821. The predicted octanol–water partition coefficient (Wildman–Crippen LogP) is 4.02. The number of hydrogen-bond acceptors (Lipinski definition) is 2. The number of rotatable bonds is 2. The first-order chi connectivity index (χ1) is 8.97. The van der Waals surface area contributed by atoms with Crippen molar-refractivity contribution >= 4 is 27.5 Å². The molecule has 2 rings (SSSR count). The van der Waals surface area contributed by atoms with Crippen LogP contribution in [0.1, 0.15) is 21.5 Å². The summed E-state index contributed by atoms with van der Waals surface area (Å²) in [5, 5.41) is 12.5. The second kappa shape index (κ2) is 5.45. The Kier molecular flexibility index (Phi) is 3.90. The predicted molar refractivity (Wildman–Crippen MR) is 79.7 cm³/mol. The Labute approximate surface area is 120 Å². The Morgan fingerprint density at radius 3 is 2.32 bits per heavy atom. The number of carbonyl (C=O) groups excluding carboxylic acids is 1. The molecule has 0 saturated heterocycles. The number of hydrogen-bond donors (Lipinski definition) is 2. The summed E-state index contributed by atoms with van der Waals surface area (Å²) in [6.45, 7) is 3.85. The van der Waals surface area contributed by atoms with Gasteiger partial charge in [0, 0.05) is 10.0 Å². The van der Waals surface area contributed by atoms with Gasteiger partial charge in [0.25, 0.3) is 5.91 Å². The van der Waals surface area contributed by atoms with Gasteiger partial charge in [0.2, 0.25) is 0 Å². The summed E-state index contributed by atoms with van der Waals surface area (Å²) in [4.78, 5) is 12.0. The summed E-state index contributed by atoms with van der Waals surface area (Å²) >= 11 is 3.32. The van der Waals surface area contributed by atoms with Crippen molar-refractivity contribution in [3.63, 3.8) is 0 Å². The van der Waals surface area contributed by atoms with Crippen LogP contribution < -0.4 is 5.32 Å². The van der Waals surface area contributed by atoms with Crippen molar-refractivity contribution in [3.8, 4) is 5.75 Å².